The first-order valence-electron chi connectivity index (χ1n) is 8.39. The molecule has 1 aliphatic rings. The summed E-state index contributed by atoms with van der Waals surface area (Å²) in [6.07, 6.45) is 0.900. The smallest absolute Gasteiger partial charge is 0.261 e. The lowest BCUT2D eigenvalue weighted by Gasteiger charge is -2.32. The van der Waals surface area contributed by atoms with Gasteiger partial charge in [0.2, 0.25) is 0 Å². The Morgan fingerprint density at radius 1 is 1.26 bits per heavy atom. The Morgan fingerprint density at radius 2 is 1.96 bits per heavy atom. The van der Waals surface area contributed by atoms with Crippen LogP contribution in [0.25, 0.3) is 0 Å². The van der Waals surface area contributed by atoms with Crippen molar-refractivity contribution in [3.63, 3.8) is 0 Å². The summed E-state index contributed by atoms with van der Waals surface area (Å²) in [6.45, 7) is 9.95. The van der Waals surface area contributed by atoms with E-state index in [9.17, 15) is 9.59 Å². The largest absolute Gasteiger partial charge is 0.352 e. The fraction of sp³-hybridized carbons (Fsp3) is 0.647. The number of pyridine rings is 1. The van der Waals surface area contributed by atoms with E-state index < -0.39 is 0 Å². The van der Waals surface area contributed by atoms with Gasteiger partial charge in [0, 0.05) is 38.4 Å². The molecule has 0 spiro atoms. The second kappa shape index (κ2) is 8.26. The zero-order chi connectivity index (χ0) is 16.8. The lowest BCUT2D eigenvalue weighted by atomic mass is 10.1. The molecule has 0 bridgehead atoms. The van der Waals surface area contributed by atoms with Crippen LogP contribution in [0.5, 0.6) is 0 Å². The Labute approximate surface area is 137 Å². The molecule has 23 heavy (non-hydrogen) atoms. The summed E-state index contributed by atoms with van der Waals surface area (Å²) in [5.41, 5.74) is 0.725. The molecule has 1 amide bonds. The van der Waals surface area contributed by atoms with E-state index in [4.69, 9.17) is 0 Å². The van der Waals surface area contributed by atoms with Gasteiger partial charge < -0.3 is 20.1 Å². The first-order chi connectivity index (χ1) is 11.0. The molecule has 0 atom stereocenters. The summed E-state index contributed by atoms with van der Waals surface area (Å²) >= 11 is 0. The van der Waals surface area contributed by atoms with Gasteiger partial charge in [-0.25, -0.2) is 0 Å². The number of carbonyl (C=O) groups excluding carboxylic acids is 1. The minimum Gasteiger partial charge on any atom is -0.352 e. The third kappa shape index (κ3) is 5.18. The van der Waals surface area contributed by atoms with Gasteiger partial charge in [-0.05, 0) is 38.1 Å². The summed E-state index contributed by atoms with van der Waals surface area (Å²) in [5.74, 6) is -0.0525. The zero-order valence-electron chi connectivity index (χ0n) is 14.4. The number of piperazine rings is 1. The van der Waals surface area contributed by atoms with Gasteiger partial charge in [-0.2, -0.15) is 0 Å². The molecule has 2 heterocycles. The molecule has 1 saturated heterocycles. The number of hydrogen-bond donors (Lipinski definition) is 2. The summed E-state index contributed by atoms with van der Waals surface area (Å²) in [7, 11) is 2.14. The third-order valence-corrected chi connectivity index (χ3v) is 4.33. The Hall–Kier alpha value is -1.66. The van der Waals surface area contributed by atoms with Crippen molar-refractivity contribution >= 4 is 5.91 Å². The van der Waals surface area contributed by atoms with E-state index in [0.717, 1.165) is 44.8 Å². The van der Waals surface area contributed by atoms with Crippen molar-refractivity contribution in [2.45, 2.75) is 26.2 Å². The predicted molar refractivity (Wildman–Crippen MR) is 92.0 cm³/mol. The molecule has 1 aromatic heterocycles. The molecule has 0 unspecified atom stereocenters. The van der Waals surface area contributed by atoms with Crippen molar-refractivity contribution in [3.8, 4) is 0 Å². The second-order valence-electron chi connectivity index (χ2n) is 6.57. The number of likely N-dealkylation sites (N-methyl/N-ethyl adjacent to an activating group) is 1. The number of nitrogens with zero attached hydrogens (tertiary/aromatic N) is 2. The second-order valence-corrected chi connectivity index (χ2v) is 6.57. The molecule has 1 aliphatic heterocycles. The molecule has 0 radical (unpaired) electrons. The van der Waals surface area contributed by atoms with Crippen LogP contribution in [0.3, 0.4) is 0 Å². The standard InChI is InChI=1S/C17H28N4O2/c1-13(2)15-6-5-14(17(23)19-15)16(22)18-7-4-8-21-11-9-20(3)10-12-21/h5-6,13H,4,7-12H2,1-3H3,(H,18,22)(H,19,23). The third-order valence-electron chi connectivity index (χ3n) is 4.33. The van der Waals surface area contributed by atoms with E-state index in [1.807, 2.05) is 19.9 Å². The van der Waals surface area contributed by atoms with Crippen LogP contribution in [-0.2, 0) is 0 Å². The fourth-order valence-electron chi connectivity index (χ4n) is 2.68. The number of H-pyrrole nitrogens is 1. The highest BCUT2D eigenvalue weighted by atomic mass is 16.2. The van der Waals surface area contributed by atoms with Crippen molar-refractivity contribution in [3.05, 3.63) is 33.7 Å². The number of aromatic amines is 1. The molecule has 2 N–H and O–H groups in total. The number of hydrogen-bond acceptors (Lipinski definition) is 4. The Balaban J connectivity index is 1.76. The number of carbonyl (C=O) groups is 1. The molecular formula is C17H28N4O2. The van der Waals surface area contributed by atoms with E-state index in [0.29, 0.717) is 6.54 Å². The van der Waals surface area contributed by atoms with Crippen LogP contribution in [0.4, 0.5) is 0 Å². The van der Waals surface area contributed by atoms with Crippen LogP contribution in [0, 0.1) is 0 Å². The van der Waals surface area contributed by atoms with Gasteiger partial charge in [-0.1, -0.05) is 13.8 Å². The number of amides is 1. The minimum atomic E-state index is -0.312. The summed E-state index contributed by atoms with van der Waals surface area (Å²) in [4.78, 5) is 31.6. The van der Waals surface area contributed by atoms with Gasteiger partial charge in [0.1, 0.15) is 5.56 Å². The van der Waals surface area contributed by atoms with E-state index in [-0.39, 0.29) is 22.9 Å². The van der Waals surface area contributed by atoms with Crippen molar-refractivity contribution in [1.29, 1.82) is 0 Å². The normalized spacial score (nSPS) is 16.7. The fourth-order valence-corrected chi connectivity index (χ4v) is 2.68. The van der Waals surface area contributed by atoms with Crippen molar-refractivity contribution in [2.75, 3.05) is 46.3 Å². The average Bonchev–Trinajstić information content (AvgIpc) is 2.52. The maximum absolute atomic E-state index is 12.1. The van der Waals surface area contributed by atoms with E-state index in [1.54, 1.807) is 6.07 Å². The molecule has 6 nitrogen and oxygen atoms in total. The van der Waals surface area contributed by atoms with E-state index >= 15 is 0 Å². The van der Waals surface area contributed by atoms with Gasteiger partial charge in [0.25, 0.3) is 11.5 Å². The molecule has 128 valence electrons. The van der Waals surface area contributed by atoms with Gasteiger partial charge >= 0.3 is 0 Å². The maximum atomic E-state index is 12.1. The summed E-state index contributed by atoms with van der Waals surface area (Å²) < 4.78 is 0. The van der Waals surface area contributed by atoms with Gasteiger partial charge in [0.05, 0.1) is 0 Å². The van der Waals surface area contributed by atoms with Crippen LogP contribution in [0.1, 0.15) is 42.2 Å². The first kappa shape index (κ1) is 17.7. The average molecular weight is 320 g/mol. The zero-order valence-corrected chi connectivity index (χ0v) is 14.4. The topological polar surface area (TPSA) is 68.4 Å². The van der Waals surface area contributed by atoms with Crippen LogP contribution >= 0.6 is 0 Å². The molecule has 2 rings (SSSR count). The molecule has 6 heteroatoms. The maximum Gasteiger partial charge on any atom is 0.261 e. The summed E-state index contributed by atoms with van der Waals surface area (Å²) in [6, 6.07) is 3.43. The van der Waals surface area contributed by atoms with E-state index in [1.165, 1.54) is 0 Å². The molecular weight excluding hydrogens is 292 g/mol. The molecule has 0 saturated carbocycles. The van der Waals surface area contributed by atoms with Crippen molar-refractivity contribution < 1.29 is 4.79 Å². The molecule has 0 aliphatic carbocycles. The van der Waals surface area contributed by atoms with Gasteiger partial charge in [-0.3, -0.25) is 9.59 Å². The highest BCUT2D eigenvalue weighted by Gasteiger charge is 2.14. The number of rotatable bonds is 6. The highest BCUT2D eigenvalue weighted by molar-refractivity contribution is 5.93. The predicted octanol–water partition coefficient (Wildman–Crippen LogP) is 0.866. The lowest BCUT2D eigenvalue weighted by Crippen LogP contribution is -2.45. The van der Waals surface area contributed by atoms with Crippen LogP contribution in [-0.4, -0.2) is 67.0 Å². The summed E-state index contributed by atoms with van der Waals surface area (Å²) in [5, 5.41) is 2.84. The molecule has 1 aromatic rings. The number of aromatic nitrogens is 1. The Kier molecular flexibility index (Phi) is 6.36. The van der Waals surface area contributed by atoms with Crippen molar-refractivity contribution in [1.82, 2.24) is 20.1 Å². The van der Waals surface area contributed by atoms with Crippen LogP contribution in [0.2, 0.25) is 0 Å². The molecule has 1 fully saturated rings. The highest BCUT2D eigenvalue weighted by Crippen LogP contribution is 2.09. The van der Waals surface area contributed by atoms with Gasteiger partial charge in [-0.15, -0.1) is 0 Å². The van der Waals surface area contributed by atoms with Crippen LogP contribution < -0.4 is 10.9 Å². The van der Waals surface area contributed by atoms with Crippen LogP contribution in [0.15, 0.2) is 16.9 Å². The van der Waals surface area contributed by atoms with E-state index in [2.05, 4.69) is 27.1 Å². The SMILES string of the molecule is CC(C)c1ccc(C(=O)NCCCN2CCN(C)CC2)c(=O)[nH]1. The lowest BCUT2D eigenvalue weighted by molar-refractivity contribution is 0.0948. The van der Waals surface area contributed by atoms with Crippen molar-refractivity contribution in [2.24, 2.45) is 0 Å². The molecule has 0 aromatic carbocycles. The monoisotopic (exact) mass is 320 g/mol. The first-order valence-corrected chi connectivity index (χ1v) is 8.39. The number of nitrogens with one attached hydrogen (secondary N) is 2. The quantitative estimate of drug-likeness (QED) is 0.763. The Bertz CT molecular complexity index is 574. The van der Waals surface area contributed by atoms with Gasteiger partial charge in [0.15, 0.2) is 0 Å². The Morgan fingerprint density at radius 3 is 2.57 bits per heavy atom. The minimum absolute atomic E-state index is 0.189.